The van der Waals surface area contributed by atoms with Gasteiger partial charge in [0.2, 0.25) is 0 Å². The number of phenols is 1. The zero-order chi connectivity index (χ0) is 24.8. The van der Waals surface area contributed by atoms with Gasteiger partial charge in [0.25, 0.3) is 5.56 Å². The molecular weight excluding hydrogens is 472 g/mol. The highest BCUT2D eigenvalue weighted by Crippen LogP contribution is 2.45. The predicted molar refractivity (Wildman–Crippen MR) is 140 cm³/mol. The van der Waals surface area contributed by atoms with Gasteiger partial charge in [-0.3, -0.25) is 9.36 Å². The van der Waals surface area contributed by atoms with Crippen molar-refractivity contribution in [1.82, 2.24) is 4.57 Å². The standard InChI is InChI=1S/C29H24N2O4S/c1-34-23-12-6-11-22(27(23)35-2)26-21-14-13-18-8-3-4-10-20(18)25(21)30-29-31(26)28(33)24(36-29)16-17-7-5-9-19(32)15-17/h3-12,15-16,26,32H,13-14H2,1-2H3/b24-16-/t26-/m1/s1. The molecule has 1 aliphatic heterocycles. The van der Waals surface area contributed by atoms with Crippen LogP contribution < -0.4 is 24.4 Å². The zero-order valence-corrected chi connectivity index (χ0v) is 20.7. The summed E-state index contributed by atoms with van der Waals surface area (Å²) in [5, 5.41) is 9.90. The van der Waals surface area contributed by atoms with Gasteiger partial charge in [0.15, 0.2) is 16.3 Å². The molecule has 1 N–H and O–H groups in total. The van der Waals surface area contributed by atoms with E-state index in [-0.39, 0.29) is 17.4 Å². The first-order valence-corrected chi connectivity index (χ1v) is 12.5. The van der Waals surface area contributed by atoms with E-state index >= 15 is 0 Å². The number of benzene rings is 3. The second kappa shape index (κ2) is 8.84. The number of allylic oxidation sites excluding steroid dienone is 1. The van der Waals surface area contributed by atoms with Gasteiger partial charge in [-0.1, -0.05) is 59.9 Å². The number of aromatic nitrogens is 1. The molecule has 0 spiro atoms. The van der Waals surface area contributed by atoms with Crippen LogP contribution in [0.2, 0.25) is 0 Å². The summed E-state index contributed by atoms with van der Waals surface area (Å²) in [6, 6.07) is 20.6. The lowest BCUT2D eigenvalue weighted by Gasteiger charge is -2.31. The predicted octanol–water partition coefficient (Wildman–Crippen LogP) is 4.04. The van der Waals surface area contributed by atoms with Gasteiger partial charge in [0.1, 0.15) is 5.75 Å². The average Bonchev–Trinajstić information content (AvgIpc) is 3.21. The van der Waals surface area contributed by atoms with Gasteiger partial charge in [0, 0.05) is 11.1 Å². The first kappa shape index (κ1) is 22.4. The molecule has 7 heteroatoms. The number of phenolic OH excluding ortho intramolecular Hbond substituents is 1. The normalized spacial score (nSPS) is 16.6. The van der Waals surface area contributed by atoms with Gasteiger partial charge >= 0.3 is 0 Å². The lowest BCUT2D eigenvalue weighted by Crippen LogP contribution is -2.39. The topological polar surface area (TPSA) is 73.0 Å². The second-order valence-corrected chi connectivity index (χ2v) is 9.80. The summed E-state index contributed by atoms with van der Waals surface area (Å²) >= 11 is 1.36. The van der Waals surface area contributed by atoms with E-state index in [1.165, 1.54) is 16.9 Å². The number of para-hydroxylation sites is 1. The number of aromatic hydroxyl groups is 1. The Morgan fingerprint density at radius 2 is 1.86 bits per heavy atom. The molecular formula is C29H24N2O4S. The Bertz CT molecular complexity index is 1710. The molecule has 0 fully saturated rings. The summed E-state index contributed by atoms with van der Waals surface area (Å²) in [7, 11) is 3.24. The molecule has 4 aromatic rings. The number of nitrogens with zero attached hydrogens (tertiary/aromatic N) is 2. The molecule has 180 valence electrons. The molecule has 6 rings (SSSR count). The number of thiazole rings is 1. The molecule has 0 amide bonds. The van der Waals surface area contributed by atoms with Crippen molar-refractivity contribution >= 4 is 23.1 Å². The molecule has 0 bridgehead atoms. The highest BCUT2D eigenvalue weighted by atomic mass is 32.1. The molecule has 3 aromatic carbocycles. The number of ether oxygens (including phenoxy) is 2. The van der Waals surface area contributed by atoms with Crippen LogP contribution in [0.15, 0.2) is 82.1 Å². The minimum Gasteiger partial charge on any atom is -0.508 e. The van der Waals surface area contributed by atoms with Crippen LogP contribution in [0.4, 0.5) is 0 Å². The van der Waals surface area contributed by atoms with Crippen molar-refractivity contribution < 1.29 is 14.6 Å². The summed E-state index contributed by atoms with van der Waals surface area (Å²) in [6.07, 6.45) is 3.47. The fourth-order valence-corrected chi connectivity index (χ4v) is 6.19. The van der Waals surface area contributed by atoms with Crippen LogP contribution in [0.5, 0.6) is 17.2 Å². The zero-order valence-electron chi connectivity index (χ0n) is 19.9. The maximum absolute atomic E-state index is 13.9. The Labute approximate surface area is 211 Å². The van der Waals surface area contributed by atoms with Crippen molar-refractivity contribution in [2.75, 3.05) is 14.2 Å². The quantitative estimate of drug-likeness (QED) is 0.463. The van der Waals surface area contributed by atoms with Crippen LogP contribution in [0.1, 0.15) is 34.7 Å². The summed E-state index contributed by atoms with van der Waals surface area (Å²) in [4.78, 5) is 19.6. The van der Waals surface area contributed by atoms with Gasteiger partial charge in [-0.25, -0.2) is 4.99 Å². The Hall–Kier alpha value is -4.10. The maximum Gasteiger partial charge on any atom is 0.271 e. The van der Waals surface area contributed by atoms with Crippen molar-refractivity contribution in [3.05, 3.63) is 114 Å². The fraction of sp³-hybridized carbons (Fsp3) is 0.172. The van der Waals surface area contributed by atoms with Crippen molar-refractivity contribution in [2.24, 2.45) is 4.99 Å². The Morgan fingerprint density at radius 3 is 2.67 bits per heavy atom. The molecule has 0 saturated heterocycles. The Kier molecular flexibility index (Phi) is 5.49. The van der Waals surface area contributed by atoms with Gasteiger partial charge in [-0.15, -0.1) is 0 Å². The summed E-state index contributed by atoms with van der Waals surface area (Å²) in [5.74, 6) is 1.38. The smallest absolute Gasteiger partial charge is 0.271 e. The van der Waals surface area contributed by atoms with E-state index in [0.717, 1.165) is 40.8 Å². The Morgan fingerprint density at radius 1 is 1.03 bits per heavy atom. The summed E-state index contributed by atoms with van der Waals surface area (Å²) in [5.41, 5.74) is 5.89. The molecule has 6 nitrogen and oxygen atoms in total. The number of aryl methyl sites for hydroxylation is 1. The van der Waals surface area contributed by atoms with E-state index in [1.807, 2.05) is 30.3 Å². The van der Waals surface area contributed by atoms with E-state index in [9.17, 15) is 9.90 Å². The van der Waals surface area contributed by atoms with Crippen molar-refractivity contribution in [1.29, 1.82) is 0 Å². The maximum atomic E-state index is 13.9. The van der Waals surface area contributed by atoms with Gasteiger partial charge in [-0.05, 0) is 53.8 Å². The number of rotatable bonds is 4. The highest BCUT2D eigenvalue weighted by Gasteiger charge is 2.34. The van der Waals surface area contributed by atoms with Crippen LogP contribution in [-0.2, 0) is 6.42 Å². The fourth-order valence-electron chi connectivity index (χ4n) is 5.19. The van der Waals surface area contributed by atoms with E-state index < -0.39 is 0 Å². The van der Waals surface area contributed by atoms with Gasteiger partial charge in [0.05, 0.1) is 30.5 Å². The number of fused-ring (bicyclic) bond motifs is 3. The molecule has 1 aliphatic carbocycles. The van der Waals surface area contributed by atoms with Crippen LogP contribution >= 0.6 is 11.3 Å². The van der Waals surface area contributed by atoms with Crippen molar-refractivity contribution in [3.8, 4) is 17.2 Å². The molecule has 0 saturated carbocycles. The first-order valence-electron chi connectivity index (χ1n) is 11.7. The monoisotopic (exact) mass is 496 g/mol. The largest absolute Gasteiger partial charge is 0.508 e. The number of hydrogen-bond acceptors (Lipinski definition) is 6. The first-order chi connectivity index (χ1) is 17.6. The van der Waals surface area contributed by atoms with Crippen LogP contribution in [0.3, 0.4) is 0 Å². The lowest BCUT2D eigenvalue weighted by molar-refractivity contribution is 0.348. The third kappa shape index (κ3) is 3.55. The number of hydrogen-bond donors (Lipinski definition) is 1. The van der Waals surface area contributed by atoms with Gasteiger partial charge in [-0.2, -0.15) is 0 Å². The van der Waals surface area contributed by atoms with E-state index in [0.29, 0.717) is 20.8 Å². The van der Waals surface area contributed by atoms with Crippen molar-refractivity contribution in [3.63, 3.8) is 0 Å². The summed E-state index contributed by atoms with van der Waals surface area (Å²) in [6.45, 7) is 0. The highest BCUT2D eigenvalue weighted by molar-refractivity contribution is 7.07. The second-order valence-electron chi connectivity index (χ2n) is 8.79. The summed E-state index contributed by atoms with van der Waals surface area (Å²) < 4.78 is 13.7. The lowest BCUT2D eigenvalue weighted by atomic mass is 9.83. The molecule has 1 aromatic heterocycles. The molecule has 0 radical (unpaired) electrons. The third-order valence-electron chi connectivity index (χ3n) is 6.77. The SMILES string of the molecule is COc1cccc([C@H]2C3=C(N=c4s/c(=C\c5cccc(O)c5)c(=O)n42)c2ccccc2CC3)c1OC. The minimum absolute atomic E-state index is 0.123. The molecule has 0 unspecified atom stereocenters. The molecule has 2 heterocycles. The molecule has 36 heavy (non-hydrogen) atoms. The molecule has 2 aliphatic rings. The van der Waals surface area contributed by atoms with Crippen LogP contribution in [0.25, 0.3) is 11.8 Å². The number of methoxy groups -OCH3 is 2. The minimum atomic E-state index is -0.374. The van der Waals surface area contributed by atoms with E-state index in [4.69, 9.17) is 14.5 Å². The molecule has 1 atom stereocenters. The third-order valence-corrected chi connectivity index (χ3v) is 7.75. The van der Waals surface area contributed by atoms with Crippen molar-refractivity contribution in [2.45, 2.75) is 18.9 Å². The van der Waals surface area contributed by atoms with E-state index in [1.54, 1.807) is 43.1 Å². The van der Waals surface area contributed by atoms with Crippen LogP contribution in [0, 0.1) is 0 Å². The Balaban J connectivity index is 1.66. The van der Waals surface area contributed by atoms with Gasteiger partial charge < -0.3 is 14.6 Å². The van der Waals surface area contributed by atoms with E-state index in [2.05, 4.69) is 18.2 Å². The van der Waals surface area contributed by atoms with Crippen LogP contribution in [-0.4, -0.2) is 23.9 Å². The average molecular weight is 497 g/mol.